The fourth-order valence-electron chi connectivity index (χ4n) is 1.71. The summed E-state index contributed by atoms with van der Waals surface area (Å²) in [6, 6.07) is 6.67. The van der Waals surface area contributed by atoms with E-state index < -0.39 is 0 Å². The Hall–Kier alpha value is -1.22. The number of nitrogens with one attached hydrogen (secondary N) is 1. The molecule has 1 aromatic carbocycles. The zero-order valence-electron chi connectivity index (χ0n) is 12.7. The van der Waals surface area contributed by atoms with Crippen molar-refractivity contribution in [2.24, 2.45) is 0 Å². The van der Waals surface area contributed by atoms with Crippen LogP contribution in [-0.2, 0) is 6.54 Å². The van der Waals surface area contributed by atoms with E-state index in [0.29, 0.717) is 6.04 Å². The molecular weight excluding hydrogens is 238 g/mol. The zero-order chi connectivity index (χ0) is 14.1. The largest absolute Gasteiger partial charge is 0.493 e. The monoisotopic (exact) mass is 265 g/mol. The van der Waals surface area contributed by atoms with Crippen LogP contribution >= 0.6 is 0 Å². The topological polar surface area (TPSA) is 30.5 Å². The van der Waals surface area contributed by atoms with Crippen LogP contribution in [0.2, 0.25) is 0 Å². The van der Waals surface area contributed by atoms with Gasteiger partial charge in [-0.2, -0.15) is 0 Å². The molecule has 1 aromatic rings. The SMILES string of the molecule is CCCCOc1cc(CNC(C)CC)ccc1OC. The molecule has 0 bridgehead atoms. The van der Waals surface area contributed by atoms with E-state index in [1.165, 1.54) is 5.56 Å². The molecule has 0 radical (unpaired) electrons. The Bertz CT molecular complexity index is 366. The minimum absolute atomic E-state index is 0.534. The maximum absolute atomic E-state index is 5.79. The van der Waals surface area contributed by atoms with Crippen molar-refractivity contribution in [3.8, 4) is 11.5 Å². The second-order valence-corrected chi connectivity index (χ2v) is 4.88. The normalized spacial score (nSPS) is 12.2. The Kier molecular flexibility index (Phi) is 7.34. The van der Waals surface area contributed by atoms with Gasteiger partial charge >= 0.3 is 0 Å². The number of benzene rings is 1. The minimum atomic E-state index is 0.534. The van der Waals surface area contributed by atoms with Crippen LogP contribution < -0.4 is 14.8 Å². The lowest BCUT2D eigenvalue weighted by Gasteiger charge is -2.14. The third-order valence-electron chi connectivity index (χ3n) is 3.25. The van der Waals surface area contributed by atoms with E-state index in [1.807, 2.05) is 6.07 Å². The van der Waals surface area contributed by atoms with Crippen molar-refractivity contribution < 1.29 is 9.47 Å². The molecule has 0 heterocycles. The summed E-state index contributed by atoms with van der Waals surface area (Å²) in [4.78, 5) is 0. The molecule has 0 fully saturated rings. The van der Waals surface area contributed by atoms with Gasteiger partial charge in [0, 0.05) is 12.6 Å². The van der Waals surface area contributed by atoms with Gasteiger partial charge in [0.1, 0.15) is 0 Å². The third kappa shape index (κ3) is 5.52. The van der Waals surface area contributed by atoms with Gasteiger partial charge in [0.15, 0.2) is 11.5 Å². The summed E-state index contributed by atoms with van der Waals surface area (Å²) < 4.78 is 11.1. The predicted molar refractivity (Wildman–Crippen MR) is 80.0 cm³/mol. The highest BCUT2D eigenvalue weighted by atomic mass is 16.5. The number of unbranched alkanes of at least 4 members (excludes halogenated alkanes) is 1. The zero-order valence-corrected chi connectivity index (χ0v) is 12.7. The van der Waals surface area contributed by atoms with Gasteiger partial charge in [-0.05, 0) is 37.5 Å². The molecule has 1 N–H and O–H groups in total. The summed E-state index contributed by atoms with van der Waals surface area (Å²) >= 11 is 0. The predicted octanol–water partition coefficient (Wildman–Crippen LogP) is 3.76. The summed E-state index contributed by atoms with van der Waals surface area (Å²) in [5.41, 5.74) is 1.23. The molecule has 1 unspecified atom stereocenters. The van der Waals surface area contributed by atoms with Crippen molar-refractivity contribution in [1.29, 1.82) is 0 Å². The van der Waals surface area contributed by atoms with Crippen LogP contribution in [0, 0.1) is 0 Å². The summed E-state index contributed by atoms with van der Waals surface area (Å²) in [5.74, 6) is 1.66. The van der Waals surface area contributed by atoms with E-state index in [-0.39, 0.29) is 0 Å². The molecule has 0 spiro atoms. The molecule has 0 saturated heterocycles. The van der Waals surface area contributed by atoms with Gasteiger partial charge in [-0.15, -0.1) is 0 Å². The second-order valence-electron chi connectivity index (χ2n) is 4.88. The van der Waals surface area contributed by atoms with Crippen molar-refractivity contribution >= 4 is 0 Å². The average molecular weight is 265 g/mol. The Morgan fingerprint density at radius 2 is 2.00 bits per heavy atom. The smallest absolute Gasteiger partial charge is 0.161 e. The van der Waals surface area contributed by atoms with Crippen molar-refractivity contribution in [1.82, 2.24) is 5.32 Å². The molecule has 3 nitrogen and oxygen atoms in total. The van der Waals surface area contributed by atoms with Crippen LogP contribution in [0.4, 0.5) is 0 Å². The number of rotatable bonds is 9. The highest BCUT2D eigenvalue weighted by Gasteiger charge is 2.06. The minimum Gasteiger partial charge on any atom is -0.493 e. The maximum Gasteiger partial charge on any atom is 0.161 e. The number of hydrogen-bond acceptors (Lipinski definition) is 3. The van der Waals surface area contributed by atoms with Crippen molar-refractivity contribution in [3.05, 3.63) is 23.8 Å². The van der Waals surface area contributed by atoms with Gasteiger partial charge in [0.05, 0.1) is 13.7 Å². The lowest BCUT2D eigenvalue weighted by molar-refractivity contribution is 0.288. The molecule has 3 heteroatoms. The molecule has 0 aromatic heterocycles. The summed E-state index contributed by atoms with van der Waals surface area (Å²) in [6.07, 6.45) is 3.34. The number of methoxy groups -OCH3 is 1. The van der Waals surface area contributed by atoms with E-state index in [0.717, 1.165) is 43.9 Å². The molecule has 0 saturated carbocycles. The Balaban J connectivity index is 2.65. The van der Waals surface area contributed by atoms with Crippen LogP contribution in [0.3, 0.4) is 0 Å². The van der Waals surface area contributed by atoms with Crippen LogP contribution in [0.5, 0.6) is 11.5 Å². The second kappa shape index (κ2) is 8.81. The lowest BCUT2D eigenvalue weighted by Crippen LogP contribution is -2.24. The van der Waals surface area contributed by atoms with Crippen molar-refractivity contribution in [3.63, 3.8) is 0 Å². The van der Waals surface area contributed by atoms with Gasteiger partial charge in [0.25, 0.3) is 0 Å². The van der Waals surface area contributed by atoms with Crippen LogP contribution in [0.25, 0.3) is 0 Å². The summed E-state index contributed by atoms with van der Waals surface area (Å²) in [7, 11) is 1.68. The molecule has 19 heavy (non-hydrogen) atoms. The first-order chi connectivity index (χ1) is 9.21. The van der Waals surface area contributed by atoms with Crippen molar-refractivity contribution in [2.45, 2.75) is 52.6 Å². The first kappa shape index (κ1) is 15.8. The molecule has 108 valence electrons. The van der Waals surface area contributed by atoms with Crippen LogP contribution in [-0.4, -0.2) is 19.8 Å². The summed E-state index contributed by atoms with van der Waals surface area (Å²) in [5, 5.41) is 3.48. The standard InChI is InChI=1S/C16H27NO2/c1-5-7-10-19-16-11-14(8-9-15(16)18-4)12-17-13(3)6-2/h8-9,11,13,17H,5-7,10,12H2,1-4H3. The van der Waals surface area contributed by atoms with Gasteiger partial charge in [-0.25, -0.2) is 0 Å². The van der Waals surface area contributed by atoms with Crippen LogP contribution in [0.15, 0.2) is 18.2 Å². The molecule has 0 aliphatic rings. The Morgan fingerprint density at radius 3 is 2.63 bits per heavy atom. The van der Waals surface area contributed by atoms with Crippen LogP contribution in [0.1, 0.15) is 45.6 Å². The lowest BCUT2D eigenvalue weighted by atomic mass is 10.1. The van der Waals surface area contributed by atoms with Gasteiger partial charge in [-0.1, -0.05) is 26.3 Å². The molecule has 1 rings (SSSR count). The Morgan fingerprint density at radius 1 is 1.21 bits per heavy atom. The average Bonchev–Trinajstić information content (AvgIpc) is 2.45. The van der Waals surface area contributed by atoms with Gasteiger partial charge in [-0.3, -0.25) is 0 Å². The molecule has 0 amide bonds. The van der Waals surface area contributed by atoms with E-state index in [9.17, 15) is 0 Å². The van der Waals surface area contributed by atoms with E-state index >= 15 is 0 Å². The first-order valence-corrected chi connectivity index (χ1v) is 7.24. The molecule has 0 aliphatic carbocycles. The van der Waals surface area contributed by atoms with Gasteiger partial charge in [0.2, 0.25) is 0 Å². The molecular formula is C16H27NO2. The van der Waals surface area contributed by atoms with E-state index in [4.69, 9.17) is 9.47 Å². The van der Waals surface area contributed by atoms with Crippen molar-refractivity contribution in [2.75, 3.05) is 13.7 Å². The van der Waals surface area contributed by atoms with Gasteiger partial charge < -0.3 is 14.8 Å². The Labute approximate surface area is 117 Å². The van der Waals surface area contributed by atoms with E-state index in [2.05, 4.69) is 38.2 Å². The fourth-order valence-corrected chi connectivity index (χ4v) is 1.71. The highest BCUT2D eigenvalue weighted by Crippen LogP contribution is 2.28. The maximum atomic E-state index is 5.79. The quantitative estimate of drug-likeness (QED) is 0.690. The highest BCUT2D eigenvalue weighted by molar-refractivity contribution is 5.42. The summed E-state index contributed by atoms with van der Waals surface area (Å²) in [6.45, 7) is 8.15. The number of hydrogen-bond donors (Lipinski definition) is 1. The number of ether oxygens (including phenoxy) is 2. The fraction of sp³-hybridized carbons (Fsp3) is 0.625. The molecule has 1 atom stereocenters. The third-order valence-corrected chi connectivity index (χ3v) is 3.25. The first-order valence-electron chi connectivity index (χ1n) is 7.24. The van der Waals surface area contributed by atoms with E-state index in [1.54, 1.807) is 7.11 Å². The molecule has 0 aliphatic heterocycles.